The number of β-amino-alcohol motifs (C(OH)–C–C–N with tert-alkyl or cyclic N) is 1. The van der Waals surface area contributed by atoms with Crippen LogP contribution in [-0.4, -0.2) is 71.3 Å². The minimum Gasteiger partial charge on any atom is -0.391 e. The van der Waals surface area contributed by atoms with Gasteiger partial charge in [0, 0.05) is 57.3 Å². The Balaban J connectivity index is 1.38. The molecular formula is C21H31N5O2. The average Bonchev–Trinajstić information content (AvgIpc) is 3.24. The molecule has 0 bridgehead atoms. The minimum atomic E-state index is -0.262. The fraction of sp³-hybridized carbons (Fsp3) is 0.667. The predicted molar refractivity (Wildman–Crippen MR) is 109 cm³/mol. The smallest absolute Gasteiger partial charge is 0.227 e. The summed E-state index contributed by atoms with van der Waals surface area (Å²) in [6.45, 7) is 9.01. The van der Waals surface area contributed by atoms with Gasteiger partial charge in [0.2, 0.25) is 11.9 Å². The number of hydrogen-bond donors (Lipinski definition) is 1. The van der Waals surface area contributed by atoms with Crippen molar-refractivity contribution in [1.29, 1.82) is 0 Å². The highest BCUT2D eigenvalue weighted by atomic mass is 16.3. The molecule has 0 aromatic carbocycles. The number of aromatic nitrogens is 2. The molecule has 3 aliphatic heterocycles. The molecule has 28 heavy (non-hydrogen) atoms. The average molecular weight is 386 g/mol. The third-order valence-electron chi connectivity index (χ3n) is 6.35. The van der Waals surface area contributed by atoms with Gasteiger partial charge < -0.3 is 19.8 Å². The lowest BCUT2D eigenvalue weighted by Gasteiger charge is -2.38. The number of carbonyl (C=O) groups excluding carboxylic acids is 1. The lowest BCUT2D eigenvalue weighted by molar-refractivity contribution is -0.127. The van der Waals surface area contributed by atoms with Crippen LogP contribution >= 0.6 is 0 Å². The molecule has 1 amide bonds. The van der Waals surface area contributed by atoms with Crippen molar-refractivity contribution < 1.29 is 9.90 Å². The Kier molecular flexibility index (Phi) is 5.27. The van der Waals surface area contributed by atoms with Gasteiger partial charge in [-0.15, -0.1) is 0 Å². The number of amides is 1. The number of anilines is 2. The SMILES string of the molecule is CC(C)=CCN1CC2(CCN(c3nccc(N4CC[C@@H](O)C4)n3)CC2)CC1=O. The second kappa shape index (κ2) is 7.70. The Morgan fingerprint density at radius 3 is 2.75 bits per heavy atom. The third-order valence-corrected chi connectivity index (χ3v) is 6.35. The van der Waals surface area contributed by atoms with Crippen LogP contribution in [0.25, 0.3) is 0 Å². The number of nitrogens with zero attached hydrogens (tertiary/aromatic N) is 5. The maximum absolute atomic E-state index is 12.5. The van der Waals surface area contributed by atoms with Crippen molar-refractivity contribution >= 4 is 17.7 Å². The van der Waals surface area contributed by atoms with Crippen LogP contribution in [0.5, 0.6) is 0 Å². The number of aliphatic hydroxyl groups is 1. The summed E-state index contributed by atoms with van der Waals surface area (Å²) in [7, 11) is 0. The van der Waals surface area contributed by atoms with Crippen LogP contribution in [0.4, 0.5) is 11.8 Å². The summed E-state index contributed by atoms with van der Waals surface area (Å²) >= 11 is 0. The largest absolute Gasteiger partial charge is 0.391 e. The first kappa shape index (κ1) is 19.2. The lowest BCUT2D eigenvalue weighted by Crippen LogP contribution is -2.42. The molecule has 1 aromatic heterocycles. The first-order valence-corrected chi connectivity index (χ1v) is 10.4. The second-order valence-electron chi connectivity index (χ2n) is 8.82. The first-order valence-electron chi connectivity index (χ1n) is 10.4. The Morgan fingerprint density at radius 1 is 1.29 bits per heavy atom. The van der Waals surface area contributed by atoms with Crippen molar-refractivity contribution in [3.63, 3.8) is 0 Å². The van der Waals surface area contributed by atoms with Gasteiger partial charge in [0.1, 0.15) is 5.82 Å². The van der Waals surface area contributed by atoms with Crippen LogP contribution in [0.2, 0.25) is 0 Å². The molecule has 0 aliphatic carbocycles. The van der Waals surface area contributed by atoms with E-state index in [1.807, 2.05) is 17.2 Å². The van der Waals surface area contributed by atoms with E-state index in [0.29, 0.717) is 13.0 Å². The fourth-order valence-electron chi connectivity index (χ4n) is 4.57. The summed E-state index contributed by atoms with van der Waals surface area (Å²) in [5, 5.41) is 9.78. The second-order valence-corrected chi connectivity index (χ2v) is 8.82. The summed E-state index contributed by atoms with van der Waals surface area (Å²) in [4.78, 5) is 28.1. The monoisotopic (exact) mass is 385 g/mol. The quantitative estimate of drug-likeness (QED) is 0.798. The predicted octanol–water partition coefficient (Wildman–Crippen LogP) is 1.83. The van der Waals surface area contributed by atoms with Crippen LogP contribution in [0.15, 0.2) is 23.9 Å². The standard InChI is InChI=1S/C21H31N5O2/c1-16(2)4-9-26-15-21(13-19(26)28)6-11-24(12-7-21)20-22-8-3-18(23-20)25-10-5-17(27)14-25/h3-4,8,17,27H,5-7,9-15H2,1-2H3/t17-/m1/s1. The molecule has 3 saturated heterocycles. The van der Waals surface area contributed by atoms with Crippen molar-refractivity contribution in [2.75, 3.05) is 49.1 Å². The molecule has 1 N–H and O–H groups in total. The molecule has 7 heteroatoms. The highest BCUT2D eigenvalue weighted by molar-refractivity contribution is 5.79. The van der Waals surface area contributed by atoms with Gasteiger partial charge in [0.25, 0.3) is 0 Å². The first-order chi connectivity index (χ1) is 13.4. The van der Waals surface area contributed by atoms with Gasteiger partial charge in [0.15, 0.2) is 0 Å². The number of carbonyl (C=O) groups is 1. The molecule has 7 nitrogen and oxygen atoms in total. The zero-order valence-electron chi connectivity index (χ0n) is 17.0. The molecule has 4 heterocycles. The lowest BCUT2D eigenvalue weighted by atomic mass is 9.77. The van der Waals surface area contributed by atoms with E-state index < -0.39 is 0 Å². The van der Waals surface area contributed by atoms with Gasteiger partial charge in [0.05, 0.1) is 6.10 Å². The number of rotatable bonds is 4. The zero-order valence-corrected chi connectivity index (χ0v) is 17.0. The van der Waals surface area contributed by atoms with E-state index in [4.69, 9.17) is 4.98 Å². The summed E-state index contributed by atoms with van der Waals surface area (Å²) in [5.41, 5.74) is 1.37. The van der Waals surface area contributed by atoms with Gasteiger partial charge >= 0.3 is 0 Å². The molecule has 1 atom stereocenters. The Labute approximate surface area is 167 Å². The van der Waals surface area contributed by atoms with Crippen LogP contribution in [0.3, 0.4) is 0 Å². The number of hydrogen-bond acceptors (Lipinski definition) is 6. The van der Waals surface area contributed by atoms with Crippen molar-refractivity contribution in [3.05, 3.63) is 23.9 Å². The van der Waals surface area contributed by atoms with E-state index in [1.54, 1.807) is 0 Å². The van der Waals surface area contributed by atoms with Crippen LogP contribution in [0, 0.1) is 5.41 Å². The third kappa shape index (κ3) is 3.99. The normalized spacial score (nSPS) is 24.3. The van der Waals surface area contributed by atoms with E-state index in [2.05, 4.69) is 34.7 Å². The van der Waals surface area contributed by atoms with Gasteiger partial charge in [-0.25, -0.2) is 4.98 Å². The molecule has 3 aliphatic rings. The summed E-state index contributed by atoms with van der Waals surface area (Å²) in [6.07, 6.45) is 7.16. The topological polar surface area (TPSA) is 72.8 Å². The fourth-order valence-corrected chi connectivity index (χ4v) is 4.57. The highest BCUT2D eigenvalue weighted by Gasteiger charge is 2.44. The van der Waals surface area contributed by atoms with Gasteiger partial charge in [-0.2, -0.15) is 4.98 Å². The summed E-state index contributed by atoms with van der Waals surface area (Å²) in [6, 6.07) is 1.92. The minimum absolute atomic E-state index is 0.111. The van der Waals surface area contributed by atoms with Crippen LogP contribution < -0.4 is 9.80 Å². The maximum atomic E-state index is 12.5. The molecule has 1 aromatic rings. The Bertz CT molecular complexity index is 753. The van der Waals surface area contributed by atoms with Gasteiger partial charge in [-0.1, -0.05) is 11.6 Å². The molecular weight excluding hydrogens is 354 g/mol. The van der Waals surface area contributed by atoms with Gasteiger partial charge in [-0.3, -0.25) is 4.79 Å². The van der Waals surface area contributed by atoms with Crippen molar-refractivity contribution in [2.24, 2.45) is 5.41 Å². The molecule has 3 fully saturated rings. The summed E-state index contributed by atoms with van der Waals surface area (Å²) in [5.74, 6) is 1.95. The van der Waals surface area contributed by atoms with Crippen molar-refractivity contribution in [3.8, 4) is 0 Å². The Morgan fingerprint density at radius 2 is 2.07 bits per heavy atom. The van der Waals surface area contributed by atoms with E-state index in [0.717, 1.165) is 63.8 Å². The molecule has 1 spiro atoms. The zero-order chi connectivity index (χ0) is 19.7. The van der Waals surface area contributed by atoms with Crippen molar-refractivity contribution in [2.45, 2.75) is 45.6 Å². The van der Waals surface area contributed by atoms with E-state index in [9.17, 15) is 9.90 Å². The molecule has 152 valence electrons. The van der Waals surface area contributed by atoms with Crippen LogP contribution in [0.1, 0.15) is 39.5 Å². The van der Waals surface area contributed by atoms with E-state index in [-0.39, 0.29) is 17.4 Å². The maximum Gasteiger partial charge on any atom is 0.227 e. The number of piperidine rings is 1. The summed E-state index contributed by atoms with van der Waals surface area (Å²) < 4.78 is 0. The van der Waals surface area contributed by atoms with Crippen LogP contribution in [-0.2, 0) is 4.79 Å². The Hall–Kier alpha value is -2.15. The highest BCUT2D eigenvalue weighted by Crippen LogP contribution is 2.41. The molecule has 0 radical (unpaired) electrons. The number of likely N-dealkylation sites (tertiary alicyclic amines) is 1. The molecule has 0 saturated carbocycles. The molecule has 4 rings (SSSR count). The van der Waals surface area contributed by atoms with E-state index >= 15 is 0 Å². The van der Waals surface area contributed by atoms with Crippen molar-refractivity contribution in [1.82, 2.24) is 14.9 Å². The number of allylic oxidation sites excluding steroid dienone is 1. The molecule has 0 unspecified atom stereocenters. The number of aliphatic hydroxyl groups excluding tert-OH is 1. The van der Waals surface area contributed by atoms with E-state index in [1.165, 1.54) is 5.57 Å². The van der Waals surface area contributed by atoms with Gasteiger partial charge in [-0.05, 0) is 39.2 Å².